The Bertz CT molecular complexity index is 569. The molecule has 0 spiro atoms. The number of hydrogen-bond donors (Lipinski definition) is 2. The van der Waals surface area contributed by atoms with Crippen molar-refractivity contribution in [3.05, 3.63) is 16.0 Å². The van der Waals surface area contributed by atoms with Crippen LogP contribution in [0.3, 0.4) is 0 Å². The average Bonchev–Trinajstić information content (AvgIpc) is 2.76. The molecular weight excluding hydrogens is 324 g/mol. The maximum atomic E-state index is 12.0. The molecule has 0 aliphatic heterocycles. The minimum Gasteiger partial charge on any atom is -0.462 e. The van der Waals surface area contributed by atoms with Crippen molar-refractivity contribution in [3.63, 3.8) is 0 Å². The van der Waals surface area contributed by atoms with Crippen molar-refractivity contribution in [3.8, 4) is 0 Å². The first-order chi connectivity index (χ1) is 10.4. The Morgan fingerprint density at radius 2 is 2.05 bits per heavy atom. The molecule has 0 radical (unpaired) electrons. The van der Waals surface area contributed by atoms with Crippen molar-refractivity contribution in [2.75, 3.05) is 23.9 Å². The number of rotatable bonds is 8. The highest BCUT2D eigenvalue weighted by molar-refractivity contribution is 7.98. The summed E-state index contributed by atoms with van der Waals surface area (Å²) in [4.78, 5) is 35.7. The largest absolute Gasteiger partial charge is 0.462 e. The number of nitrogens with one attached hydrogen (secondary N) is 1. The van der Waals surface area contributed by atoms with Gasteiger partial charge in [-0.2, -0.15) is 11.8 Å². The van der Waals surface area contributed by atoms with Crippen LogP contribution in [-0.2, 0) is 9.53 Å². The summed E-state index contributed by atoms with van der Waals surface area (Å²) in [6, 6.07) is 0. The lowest BCUT2D eigenvalue weighted by atomic mass is 10.1. The van der Waals surface area contributed by atoms with Crippen LogP contribution in [-0.4, -0.2) is 36.4 Å². The fourth-order valence-corrected chi connectivity index (χ4v) is 3.35. The molecule has 122 valence electrons. The number of amides is 2. The highest BCUT2D eigenvalue weighted by atomic mass is 32.2. The molecule has 1 aromatic rings. The summed E-state index contributed by atoms with van der Waals surface area (Å²) in [5.41, 5.74) is 5.95. The van der Waals surface area contributed by atoms with E-state index in [1.807, 2.05) is 6.26 Å². The van der Waals surface area contributed by atoms with Crippen molar-refractivity contribution in [2.45, 2.75) is 26.7 Å². The lowest BCUT2D eigenvalue weighted by Gasteiger charge is -2.07. The van der Waals surface area contributed by atoms with E-state index in [0.717, 1.165) is 23.5 Å². The summed E-state index contributed by atoms with van der Waals surface area (Å²) in [6.07, 6.45) is 3.07. The van der Waals surface area contributed by atoms with Gasteiger partial charge in [0.15, 0.2) is 0 Å². The fourth-order valence-electron chi connectivity index (χ4n) is 1.85. The molecule has 1 heterocycles. The van der Waals surface area contributed by atoms with Crippen LogP contribution in [0, 0.1) is 6.92 Å². The molecule has 0 aliphatic carbocycles. The number of primary amides is 1. The van der Waals surface area contributed by atoms with Gasteiger partial charge in [0.1, 0.15) is 5.00 Å². The standard InChI is InChI=1S/C14H20N2O4S2/c1-4-20-14(19)10-8(2)11(12(15)18)22-13(10)16-9(17)6-5-7-21-3/h4-7H2,1-3H3,(H2,15,18)(H,16,17). The van der Waals surface area contributed by atoms with Crippen LogP contribution in [0.2, 0.25) is 0 Å². The first kappa shape index (κ1) is 18.5. The maximum Gasteiger partial charge on any atom is 0.341 e. The Hall–Kier alpha value is -1.54. The molecule has 0 aliphatic rings. The van der Waals surface area contributed by atoms with Crippen molar-refractivity contribution >= 4 is 45.9 Å². The van der Waals surface area contributed by atoms with Crippen LogP contribution in [0.5, 0.6) is 0 Å². The number of ether oxygens (including phenoxy) is 1. The minimum atomic E-state index is -0.629. The molecule has 0 aromatic carbocycles. The molecule has 0 saturated carbocycles. The predicted octanol–water partition coefficient (Wildman–Crippen LogP) is 2.41. The van der Waals surface area contributed by atoms with E-state index >= 15 is 0 Å². The molecule has 2 amide bonds. The van der Waals surface area contributed by atoms with E-state index < -0.39 is 11.9 Å². The van der Waals surface area contributed by atoms with Crippen LogP contribution in [0.25, 0.3) is 0 Å². The van der Waals surface area contributed by atoms with E-state index in [1.165, 1.54) is 0 Å². The number of carbonyl (C=O) groups is 3. The number of hydrogen-bond acceptors (Lipinski definition) is 6. The molecule has 0 atom stereocenters. The van der Waals surface area contributed by atoms with Crippen molar-refractivity contribution in [1.29, 1.82) is 0 Å². The number of thiophene rings is 1. The van der Waals surface area contributed by atoms with Gasteiger partial charge in [-0.1, -0.05) is 0 Å². The molecule has 22 heavy (non-hydrogen) atoms. The number of esters is 1. The molecule has 0 unspecified atom stereocenters. The van der Waals surface area contributed by atoms with E-state index in [1.54, 1.807) is 25.6 Å². The van der Waals surface area contributed by atoms with Gasteiger partial charge in [-0.25, -0.2) is 4.79 Å². The molecule has 0 saturated heterocycles. The molecule has 1 aromatic heterocycles. The Morgan fingerprint density at radius 1 is 1.36 bits per heavy atom. The van der Waals surface area contributed by atoms with Crippen molar-refractivity contribution in [2.24, 2.45) is 5.73 Å². The molecular formula is C14H20N2O4S2. The first-order valence-electron chi connectivity index (χ1n) is 6.81. The fraction of sp³-hybridized carbons (Fsp3) is 0.500. The SMILES string of the molecule is CCOC(=O)c1c(NC(=O)CCCSC)sc(C(N)=O)c1C. The van der Waals surface area contributed by atoms with E-state index in [2.05, 4.69) is 5.32 Å². The zero-order valence-electron chi connectivity index (χ0n) is 12.9. The summed E-state index contributed by atoms with van der Waals surface area (Å²) >= 11 is 2.67. The lowest BCUT2D eigenvalue weighted by molar-refractivity contribution is -0.116. The van der Waals surface area contributed by atoms with Gasteiger partial charge in [-0.05, 0) is 37.8 Å². The monoisotopic (exact) mass is 344 g/mol. The Labute approximate surface area is 137 Å². The first-order valence-corrected chi connectivity index (χ1v) is 9.02. The van der Waals surface area contributed by atoms with Gasteiger partial charge < -0.3 is 15.8 Å². The van der Waals surface area contributed by atoms with Gasteiger partial charge >= 0.3 is 5.97 Å². The summed E-state index contributed by atoms with van der Waals surface area (Å²) in [6.45, 7) is 3.52. The normalized spacial score (nSPS) is 10.3. The van der Waals surface area contributed by atoms with Crippen LogP contribution < -0.4 is 11.1 Å². The second-order valence-corrected chi connectivity index (χ2v) is 6.50. The third-order valence-corrected chi connectivity index (χ3v) is 4.77. The van der Waals surface area contributed by atoms with Crippen molar-refractivity contribution < 1.29 is 19.1 Å². The van der Waals surface area contributed by atoms with Gasteiger partial charge in [0.2, 0.25) is 5.91 Å². The predicted molar refractivity (Wildman–Crippen MR) is 89.8 cm³/mol. The lowest BCUT2D eigenvalue weighted by Crippen LogP contribution is -2.15. The van der Waals surface area contributed by atoms with Crippen molar-refractivity contribution in [1.82, 2.24) is 0 Å². The van der Waals surface area contributed by atoms with Crippen LogP contribution in [0.1, 0.15) is 45.4 Å². The average molecular weight is 344 g/mol. The molecule has 6 nitrogen and oxygen atoms in total. The van der Waals surface area contributed by atoms with Gasteiger partial charge in [-0.15, -0.1) is 11.3 Å². The molecule has 1 rings (SSSR count). The van der Waals surface area contributed by atoms with Crippen LogP contribution in [0.15, 0.2) is 0 Å². The smallest absolute Gasteiger partial charge is 0.341 e. The van der Waals surface area contributed by atoms with Crippen LogP contribution in [0.4, 0.5) is 5.00 Å². The zero-order valence-corrected chi connectivity index (χ0v) is 14.5. The van der Waals surface area contributed by atoms with E-state index in [0.29, 0.717) is 17.0 Å². The van der Waals surface area contributed by atoms with E-state index in [-0.39, 0.29) is 23.0 Å². The highest BCUT2D eigenvalue weighted by Gasteiger charge is 2.25. The topological polar surface area (TPSA) is 98.5 Å². The Balaban J connectivity index is 3.01. The number of carbonyl (C=O) groups excluding carboxylic acids is 3. The number of anilines is 1. The third kappa shape index (κ3) is 4.74. The van der Waals surface area contributed by atoms with Gasteiger partial charge in [0, 0.05) is 6.42 Å². The Kier molecular flexibility index (Phi) is 7.40. The molecule has 0 bridgehead atoms. The van der Waals surface area contributed by atoms with Gasteiger partial charge in [-0.3, -0.25) is 9.59 Å². The Morgan fingerprint density at radius 3 is 2.59 bits per heavy atom. The number of nitrogens with two attached hydrogens (primary N) is 1. The quantitative estimate of drug-likeness (QED) is 0.557. The van der Waals surface area contributed by atoms with Crippen LogP contribution >= 0.6 is 23.1 Å². The summed E-state index contributed by atoms with van der Waals surface area (Å²) in [5, 5.41) is 3.00. The summed E-state index contributed by atoms with van der Waals surface area (Å²) in [7, 11) is 0. The second kappa shape index (κ2) is 8.79. The second-order valence-electron chi connectivity index (χ2n) is 4.49. The van der Waals surface area contributed by atoms with E-state index in [9.17, 15) is 14.4 Å². The molecule has 3 N–H and O–H groups in total. The highest BCUT2D eigenvalue weighted by Crippen LogP contribution is 2.33. The third-order valence-electron chi connectivity index (χ3n) is 2.86. The zero-order chi connectivity index (χ0) is 16.7. The molecule has 8 heteroatoms. The summed E-state index contributed by atoms with van der Waals surface area (Å²) in [5.74, 6) is -0.510. The van der Waals surface area contributed by atoms with Gasteiger partial charge in [0.25, 0.3) is 5.91 Å². The maximum absolute atomic E-state index is 12.0. The molecule has 0 fully saturated rings. The minimum absolute atomic E-state index is 0.197. The number of thioether (sulfide) groups is 1. The van der Waals surface area contributed by atoms with E-state index in [4.69, 9.17) is 10.5 Å². The summed E-state index contributed by atoms with van der Waals surface area (Å²) < 4.78 is 4.98. The van der Waals surface area contributed by atoms with Gasteiger partial charge in [0.05, 0.1) is 17.0 Å².